The molecule has 2 heterocycles. The number of piperidine rings is 1. The second-order valence-corrected chi connectivity index (χ2v) is 11.3. The number of ether oxygens (including phenoxy) is 2. The molecule has 0 radical (unpaired) electrons. The molecule has 1 aromatic heterocycles. The van der Waals surface area contributed by atoms with Crippen LogP contribution in [-0.4, -0.2) is 51.9 Å². The Morgan fingerprint density at radius 2 is 1.82 bits per heavy atom. The number of hydrogen-bond acceptors (Lipinski definition) is 7. The molecule has 0 saturated carbocycles. The number of carbonyl (C=O) groups excluding carboxylic acids is 2. The van der Waals surface area contributed by atoms with E-state index < -0.39 is 21.9 Å². The molecule has 0 spiro atoms. The predicted octanol–water partition coefficient (Wildman–Crippen LogP) is 3.46. The fourth-order valence-electron chi connectivity index (χ4n) is 4.46. The van der Waals surface area contributed by atoms with E-state index in [-0.39, 0.29) is 17.3 Å². The lowest BCUT2D eigenvalue weighted by atomic mass is 9.95. The van der Waals surface area contributed by atoms with E-state index in [1.807, 2.05) is 0 Å². The number of esters is 1. The van der Waals surface area contributed by atoms with Crippen molar-refractivity contribution in [3.63, 3.8) is 0 Å². The Labute approximate surface area is 197 Å². The third-order valence-electron chi connectivity index (χ3n) is 6.25. The molecule has 2 aliphatic rings. The maximum Gasteiger partial charge on any atom is 0.341 e. The first-order valence-corrected chi connectivity index (χ1v) is 13.3. The van der Waals surface area contributed by atoms with Gasteiger partial charge in [-0.15, -0.1) is 11.3 Å². The number of amides is 1. The molecular formula is C23H28N2O6S2. The number of anilines is 1. The van der Waals surface area contributed by atoms with Gasteiger partial charge in [0.15, 0.2) is 0 Å². The first kappa shape index (κ1) is 23.7. The third-order valence-corrected chi connectivity index (χ3v) is 9.34. The highest BCUT2D eigenvalue weighted by Crippen LogP contribution is 2.39. The van der Waals surface area contributed by atoms with Gasteiger partial charge in [0.05, 0.1) is 30.6 Å². The minimum absolute atomic E-state index is 0.0961. The number of carbonyl (C=O) groups is 2. The summed E-state index contributed by atoms with van der Waals surface area (Å²) in [5.41, 5.74) is 1.42. The Balaban J connectivity index is 1.51. The van der Waals surface area contributed by atoms with E-state index in [0.717, 1.165) is 36.1 Å². The van der Waals surface area contributed by atoms with Crippen molar-refractivity contribution in [3.8, 4) is 5.75 Å². The molecule has 0 bridgehead atoms. The quantitative estimate of drug-likeness (QED) is 0.620. The molecule has 1 amide bonds. The summed E-state index contributed by atoms with van der Waals surface area (Å²) in [5.74, 6) is -0.647. The van der Waals surface area contributed by atoms with E-state index in [1.165, 1.54) is 42.0 Å². The van der Waals surface area contributed by atoms with Crippen molar-refractivity contribution >= 4 is 38.2 Å². The molecule has 1 atom stereocenters. The average molecular weight is 493 g/mol. The minimum atomic E-state index is -3.73. The number of thiophene rings is 1. The smallest absolute Gasteiger partial charge is 0.341 e. The van der Waals surface area contributed by atoms with E-state index in [2.05, 4.69) is 5.32 Å². The number of sulfonamides is 1. The van der Waals surface area contributed by atoms with Crippen LogP contribution in [0.15, 0.2) is 29.2 Å². The Hall–Kier alpha value is -2.43. The highest BCUT2D eigenvalue weighted by atomic mass is 32.2. The zero-order chi connectivity index (χ0) is 23.6. The topological polar surface area (TPSA) is 102 Å². The Kier molecular flexibility index (Phi) is 7.06. The number of benzene rings is 1. The van der Waals surface area contributed by atoms with Gasteiger partial charge in [-0.1, -0.05) is 0 Å². The van der Waals surface area contributed by atoms with Gasteiger partial charge in [0.2, 0.25) is 15.9 Å². The normalized spacial score (nSPS) is 18.9. The van der Waals surface area contributed by atoms with Crippen molar-refractivity contribution in [2.24, 2.45) is 5.92 Å². The molecule has 1 aliphatic carbocycles. The van der Waals surface area contributed by atoms with Crippen molar-refractivity contribution < 1.29 is 27.5 Å². The summed E-state index contributed by atoms with van der Waals surface area (Å²) in [7, 11) is -0.870. The standard InChI is InChI=1S/C23H28N2O6S2/c1-30-16-9-11-17(12-10-16)33(28,29)25-13-5-6-15(14-25)21(26)24-22-20(23(27)31-2)18-7-3-4-8-19(18)32-22/h9-12,15H,3-8,13-14H2,1-2H3,(H,24,26)/t15-/m0/s1. The third kappa shape index (κ3) is 4.78. The SMILES string of the molecule is COC(=O)c1c(NC(=O)[C@H]2CCCN(S(=O)(=O)c3ccc(OC)cc3)C2)sc2c1CCCC2. The van der Waals surface area contributed by atoms with Crippen molar-refractivity contribution in [1.82, 2.24) is 4.31 Å². The lowest BCUT2D eigenvalue weighted by molar-refractivity contribution is -0.120. The molecule has 1 fully saturated rings. The second kappa shape index (κ2) is 9.82. The molecule has 178 valence electrons. The number of rotatable bonds is 6. The van der Waals surface area contributed by atoms with E-state index in [4.69, 9.17) is 9.47 Å². The highest BCUT2D eigenvalue weighted by molar-refractivity contribution is 7.89. The number of nitrogens with one attached hydrogen (secondary N) is 1. The van der Waals surface area contributed by atoms with E-state index in [0.29, 0.717) is 35.7 Å². The van der Waals surface area contributed by atoms with Crippen molar-refractivity contribution in [3.05, 3.63) is 40.3 Å². The fourth-order valence-corrected chi connectivity index (χ4v) is 7.26. The number of fused-ring (bicyclic) bond motifs is 1. The summed E-state index contributed by atoms with van der Waals surface area (Å²) in [6, 6.07) is 6.23. The van der Waals surface area contributed by atoms with Crippen molar-refractivity contribution in [2.45, 2.75) is 43.4 Å². The first-order valence-electron chi connectivity index (χ1n) is 11.0. The van der Waals surface area contributed by atoms with E-state index in [9.17, 15) is 18.0 Å². The summed E-state index contributed by atoms with van der Waals surface area (Å²) in [6.45, 7) is 0.456. The van der Waals surface area contributed by atoms with Crippen LogP contribution in [0.3, 0.4) is 0 Å². The van der Waals surface area contributed by atoms with Crippen LogP contribution in [0.25, 0.3) is 0 Å². The number of nitrogens with zero attached hydrogens (tertiary/aromatic N) is 1. The van der Waals surface area contributed by atoms with Crippen molar-refractivity contribution in [2.75, 3.05) is 32.6 Å². The largest absolute Gasteiger partial charge is 0.497 e. The molecule has 8 nitrogen and oxygen atoms in total. The average Bonchev–Trinajstić information content (AvgIpc) is 3.21. The Morgan fingerprint density at radius 3 is 2.52 bits per heavy atom. The van der Waals surface area contributed by atoms with Crippen LogP contribution in [0.4, 0.5) is 5.00 Å². The Bertz CT molecular complexity index is 1140. The van der Waals surface area contributed by atoms with Gasteiger partial charge >= 0.3 is 5.97 Å². The van der Waals surface area contributed by atoms with Crippen LogP contribution in [0.2, 0.25) is 0 Å². The zero-order valence-electron chi connectivity index (χ0n) is 18.8. The van der Waals surface area contributed by atoms with Gasteiger partial charge in [0, 0.05) is 18.0 Å². The fraction of sp³-hybridized carbons (Fsp3) is 0.478. The molecule has 1 aromatic carbocycles. The predicted molar refractivity (Wildman–Crippen MR) is 125 cm³/mol. The van der Waals surface area contributed by atoms with Gasteiger partial charge in [-0.05, 0) is 68.4 Å². The molecule has 0 unspecified atom stereocenters. The van der Waals surface area contributed by atoms with E-state index >= 15 is 0 Å². The number of hydrogen-bond donors (Lipinski definition) is 1. The monoisotopic (exact) mass is 492 g/mol. The van der Waals surface area contributed by atoms with Gasteiger partial charge in [0.1, 0.15) is 10.8 Å². The summed E-state index contributed by atoms with van der Waals surface area (Å²) in [4.78, 5) is 26.9. The zero-order valence-corrected chi connectivity index (χ0v) is 20.4. The summed E-state index contributed by atoms with van der Waals surface area (Å²) < 4.78 is 37.7. The number of aryl methyl sites for hydroxylation is 1. The van der Waals surface area contributed by atoms with Gasteiger partial charge in [-0.25, -0.2) is 13.2 Å². The molecule has 1 saturated heterocycles. The van der Waals surface area contributed by atoms with Gasteiger partial charge in [0.25, 0.3) is 0 Å². The van der Waals surface area contributed by atoms with Gasteiger partial charge in [-0.3, -0.25) is 4.79 Å². The lowest BCUT2D eigenvalue weighted by Gasteiger charge is -2.31. The maximum absolute atomic E-state index is 13.1. The summed E-state index contributed by atoms with van der Waals surface area (Å²) >= 11 is 1.43. The van der Waals surface area contributed by atoms with Crippen LogP contribution in [0.5, 0.6) is 5.75 Å². The van der Waals surface area contributed by atoms with Gasteiger partial charge in [-0.2, -0.15) is 4.31 Å². The molecule has 10 heteroatoms. The second-order valence-electron chi connectivity index (χ2n) is 8.27. The lowest BCUT2D eigenvalue weighted by Crippen LogP contribution is -2.43. The first-order chi connectivity index (χ1) is 15.8. The summed E-state index contributed by atoms with van der Waals surface area (Å²) in [5, 5.41) is 3.43. The molecule has 4 rings (SSSR count). The molecular weight excluding hydrogens is 464 g/mol. The van der Waals surface area contributed by atoms with Crippen LogP contribution >= 0.6 is 11.3 Å². The molecule has 2 aromatic rings. The Morgan fingerprint density at radius 1 is 1.09 bits per heavy atom. The van der Waals surface area contributed by atoms with Crippen LogP contribution in [0.1, 0.15) is 46.5 Å². The molecule has 1 aliphatic heterocycles. The summed E-state index contributed by atoms with van der Waals surface area (Å²) in [6.07, 6.45) is 4.91. The van der Waals surface area contributed by atoms with Crippen LogP contribution < -0.4 is 10.1 Å². The molecule has 1 N–H and O–H groups in total. The minimum Gasteiger partial charge on any atom is -0.497 e. The maximum atomic E-state index is 13.1. The van der Waals surface area contributed by atoms with E-state index in [1.54, 1.807) is 12.1 Å². The number of methoxy groups -OCH3 is 2. The van der Waals surface area contributed by atoms with Crippen LogP contribution in [-0.2, 0) is 32.4 Å². The highest BCUT2D eigenvalue weighted by Gasteiger charge is 2.35. The van der Waals surface area contributed by atoms with Crippen LogP contribution in [0, 0.1) is 5.92 Å². The van der Waals surface area contributed by atoms with Gasteiger partial charge < -0.3 is 14.8 Å². The van der Waals surface area contributed by atoms with Crippen molar-refractivity contribution in [1.29, 1.82) is 0 Å². The molecule has 33 heavy (non-hydrogen) atoms.